The lowest BCUT2D eigenvalue weighted by atomic mass is 9.43. The lowest BCUT2D eigenvalue weighted by Gasteiger charge is -2.62. The van der Waals surface area contributed by atoms with Gasteiger partial charge in [-0.3, -0.25) is 4.79 Å². The smallest absolute Gasteiger partial charge is 0.222 e. The zero-order valence-corrected chi connectivity index (χ0v) is 19.9. The monoisotopic (exact) mass is 419 g/mol. The fourth-order valence-corrected chi connectivity index (χ4v) is 8.94. The van der Waals surface area contributed by atoms with E-state index in [1.54, 1.807) is 4.90 Å². The van der Waals surface area contributed by atoms with Crippen molar-refractivity contribution in [1.29, 1.82) is 0 Å². The van der Waals surface area contributed by atoms with E-state index in [0.29, 0.717) is 41.4 Å². The van der Waals surface area contributed by atoms with Crippen LogP contribution in [0.5, 0.6) is 0 Å². The molecular weight excluding hydrogens is 374 g/mol. The van der Waals surface area contributed by atoms with Crippen molar-refractivity contribution in [3.8, 4) is 0 Å². The summed E-state index contributed by atoms with van der Waals surface area (Å²) in [5.74, 6) is 3.81. The number of aliphatic hydroxyl groups excluding tert-OH is 2. The summed E-state index contributed by atoms with van der Waals surface area (Å²) in [7, 11) is 3.68. The number of carbonyl (C=O) groups is 1. The average Bonchev–Trinajstić information content (AvgIpc) is 3.06. The van der Waals surface area contributed by atoms with E-state index in [0.717, 1.165) is 38.0 Å². The first-order chi connectivity index (χ1) is 14.1. The minimum absolute atomic E-state index is 0.000868. The Morgan fingerprint density at radius 2 is 1.77 bits per heavy atom. The SMILES string of the molecule is CC(CCC(=O)N(C)C)C1CCC2C3CCC4CC(O)CCC4(C)C3CC(O)C12C. The fraction of sp³-hybridized carbons (Fsp3) is 0.962. The summed E-state index contributed by atoms with van der Waals surface area (Å²) in [4.78, 5) is 13.8. The van der Waals surface area contributed by atoms with Gasteiger partial charge in [-0.25, -0.2) is 0 Å². The van der Waals surface area contributed by atoms with Gasteiger partial charge in [0.05, 0.1) is 12.2 Å². The molecule has 4 nitrogen and oxygen atoms in total. The third-order valence-corrected chi connectivity index (χ3v) is 10.8. The van der Waals surface area contributed by atoms with Crippen molar-refractivity contribution < 1.29 is 15.0 Å². The first kappa shape index (κ1) is 22.6. The number of carbonyl (C=O) groups excluding carboxylic acids is 1. The van der Waals surface area contributed by atoms with Crippen molar-refractivity contribution in [2.24, 2.45) is 46.3 Å². The van der Waals surface area contributed by atoms with Gasteiger partial charge in [-0.2, -0.15) is 0 Å². The van der Waals surface area contributed by atoms with E-state index in [1.165, 1.54) is 25.7 Å². The molecule has 172 valence electrons. The van der Waals surface area contributed by atoms with Crippen LogP contribution in [-0.4, -0.2) is 47.3 Å². The van der Waals surface area contributed by atoms with Gasteiger partial charge < -0.3 is 15.1 Å². The molecule has 30 heavy (non-hydrogen) atoms. The number of rotatable bonds is 4. The molecule has 10 unspecified atom stereocenters. The van der Waals surface area contributed by atoms with Gasteiger partial charge in [0.2, 0.25) is 5.91 Å². The van der Waals surface area contributed by atoms with Crippen LogP contribution in [0.2, 0.25) is 0 Å². The van der Waals surface area contributed by atoms with Gasteiger partial charge in [0.25, 0.3) is 0 Å². The second kappa shape index (κ2) is 8.06. The van der Waals surface area contributed by atoms with Crippen molar-refractivity contribution in [1.82, 2.24) is 4.90 Å². The van der Waals surface area contributed by atoms with Crippen LogP contribution in [0.3, 0.4) is 0 Å². The molecule has 0 aromatic rings. The molecule has 4 heteroatoms. The molecule has 10 atom stereocenters. The molecule has 4 rings (SSSR count). The predicted molar refractivity (Wildman–Crippen MR) is 120 cm³/mol. The Morgan fingerprint density at radius 1 is 1.03 bits per heavy atom. The molecule has 0 aromatic carbocycles. The molecule has 4 saturated carbocycles. The Bertz CT molecular complexity index is 650. The van der Waals surface area contributed by atoms with E-state index in [9.17, 15) is 15.0 Å². The summed E-state index contributed by atoms with van der Waals surface area (Å²) >= 11 is 0. The largest absolute Gasteiger partial charge is 0.393 e. The number of hydrogen-bond donors (Lipinski definition) is 2. The quantitative estimate of drug-likeness (QED) is 0.706. The number of amides is 1. The van der Waals surface area contributed by atoms with Gasteiger partial charge in [-0.15, -0.1) is 0 Å². The summed E-state index contributed by atoms with van der Waals surface area (Å²) in [6, 6.07) is 0. The highest BCUT2D eigenvalue weighted by Gasteiger charge is 2.63. The summed E-state index contributed by atoms with van der Waals surface area (Å²) in [5.41, 5.74) is 0.297. The fourth-order valence-electron chi connectivity index (χ4n) is 8.94. The molecule has 0 saturated heterocycles. The zero-order valence-electron chi connectivity index (χ0n) is 19.9. The highest BCUT2D eigenvalue weighted by molar-refractivity contribution is 5.75. The molecule has 0 radical (unpaired) electrons. The standard InChI is InChI=1S/C26H45NO3/c1-16(6-11-24(30)27(4)5)20-9-10-21-19-8-7-17-14-18(28)12-13-25(17,2)22(19)15-23(29)26(20,21)3/h16-23,28-29H,6-15H2,1-5H3. The Balaban J connectivity index is 1.52. The number of nitrogens with zero attached hydrogens (tertiary/aromatic N) is 1. The zero-order chi connectivity index (χ0) is 21.8. The second-order valence-corrected chi connectivity index (χ2v) is 12.2. The Hall–Kier alpha value is -0.610. The first-order valence-corrected chi connectivity index (χ1v) is 12.6. The van der Waals surface area contributed by atoms with E-state index in [-0.39, 0.29) is 23.5 Å². The van der Waals surface area contributed by atoms with Gasteiger partial charge in [-0.1, -0.05) is 20.8 Å². The maximum atomic E-state index is 12.1. The van der Waals surface area contributed by atoms with Crippen LogP contribution in [0.25, 0.3) is 0 Å². The molecule has 2 N–H and O–H groups in total. The van der Waals surface area contributed by atoms with Gasteiger partial charge in [0.1, 0.15) is 0 Å². The number of fused-ring (bicyclic) bond motifs is 5. The van der Waals surface area contributed by atoms with Crippen LogP contribution in [0.4, 0.5) is 0 Å². The molecule has 4 aliphatic carbocycles. The third kappa shape index (κ3) is 3.45. The van der Waals surface area contributed by atoms with Crippen LogP contribution >= 0.6 is 0 Å². The van der Waals surface area contributed by atoms with Crippen LogP contribution in [0, 0.1) is 46.3 Å². The van der Waals surface area contributed by atoms with Gasteiger partial charge in [0.15, 0.2) is 0 Å². The molecule has 0 heterocycles. The summed E-state index contributed by atoms with van der Waals surface area (Å²) in [6.45, 7) is 7.19. The van der Waals surface area contributed by atoms with Gasteiger partial charge >= 0.3 is 0 Å². The molecule has 4 fully saturated rings. The highest BCUT2D eigenvalue weighted by Crippen LogP contribution is 2.68. The molecule has 4 aliphatic rings. The summed E-state index contributed by atoms with van der Waals surface area (Å²) in [6.07, 6.45) is 10.2. The van der Waals surface area contributed by atoms with E-state index >= 15 is 0 Å². The van der Waals surface area contributed by atoms with Crippen molar-refractivity contribution in [2.45, 2.75) is 97.2 Å². The molecule has 0 aliphatic heterocycles. The number of aliphatic hydroxyl groups is 2. The Kier molecular flexibility index (Phi) is 6.07. The third-order valence-electron chi connectivity index (χ3n) is 10.8. The molecule has 1 amide bonds. The average molecular weight is 420 g/mol. The molecule has 0 spiro atoms. The van der Waals surface area contributed by atoms with Gasteiger partial charge in [0, 0.05) is 20.5 Å². The van der Waals surface area contributed by atoms with E-state index in [4.69, 9.17) is 0 Å². The van der Waals surface area contributed by atoms with Crippen molar-refractivity contribution >= 4 is 5.91 Å². The van der Waals surface area contributed by atoms with E-state index < -0.39 is 0 Å². The lowest BCUT2D eigenvalue weighted by molar-refractivity contribution is -0.175. The maximum absolute atomic E-state index is 12.1. The van der Waals surface area contributed by atoms with Crippen LogP contribution in [0.15, 0.2) is 0 Å². The number of hydrogen-bond acceptors (Lipinski definition) is 3. The summed E-state index contributed by atoms with van der Waals surface area (Å²) < 4.78 is 0. The molecule has 0 bridgehead atoms. The summed E-state index contributed by atoms with van der Waals surface area (Å²) in [5, 5.41) is 21.8. The second-order valence-electron chi connectivity index (χ2n) is 12.2. The predicted octanol–water partition coefficient (Wildman–Crippen LogP) is 4.48. The van der Waals surface area contributed by atoms with Crippen LogP contribution in [0.1, 0.15) is 85.0 Å². The molecular formula is C26H45NO3. The minimum Gasteiger partial charge on any atom is -0.393 e. The van der Waals surface area contributed by atoms with Crippen molar-refractivity contribution in [2.75, 3.05) is 14.1 Å². The topological polar surface area (TPSA) is 60.8 Å². The van der Waals surface area contributed by atoms with E-state index in [2.05, 4.69) is 20.8 Å². The molecule has 0 aromatic heterocycles. The first-order valence-electron chi connectivity index (χ1n) is 12.6. The van der Waals surface area contributed by atoms with Crippen LogP contribution < -0.4 is 0 Å². The normalized spacial score (nSPS) is 49.0. The maximum Gasteiger partial charge on any atom is 0.222 e. The van der Waals surface area contributed by atoms with E-state index in [1.807, 2.05) is 14.1 Å². The van der Waals surface area contributed by atoms with Crippen molar-refractivity contribution in [3.63, 3.8) is 0 Å². The van der Waals surface area contributed by atoms with Crippen molar-refractivity contribution in [3.05, 3.63) is 0 Å². The van der Waals surface area contributed by atoms with Gasteiger partial charge in [-0.05, 0) is 104 Å². The minimum atomic E-state index is -0.231. The Morgan fingerprint density at radius 3 is 2.47 bits per heavy atom. The van der Waals surface area contributed by atoms with Crippen LogP contribution in [-0.2, 0) is 4.79 Å². The lowest BCUT2D eigenvalue weighted by Crippen LogP contribution is -2.58. The highest BCUT2D eigenvalue weighted by atomic mass is 16.3. The Labute approximate surface area is 183 Å².